The highest BCUT2D eigenvalue weighted by atomic mass is 16.5. The first kappa shape index (κ1) is 13.3. The molecular weight excluding hydrogens is 252 g/mol. The van der Waals surface area contributed by atoms with Crippen molar-refractivity contribution in [3.63, 3.8) is 0 Å². The predicted octanol–water partition coefficient (Wildman–Crippen LogP) is 2.04. The molecule has 1 aromatic carbocycles. The molecule has 0 amide bonds. The van der Waals surface area contributed by atoms with Crippen molar-refractivity contribution in [2.75, 3.05) is 26.3 Å². The average Bonchev–Trinajstić information content (AvgIpc) is 2.63. The molecule has 4 nitrogen and oxygen atoms in total. The summed E-state index contributed by atoms with van der Waals surface area (Å²) in [5, 5.41) is 10.3. The molecule has 1 aliphatic rings. The van der Waals surface area contributed by atoms with Gasteiger partial charge in [-0.3, -0.25) is 4.90 Å². The van der Waals surface area contributed by atoms with Crippen LogP contribution in [0.15, 0.2) is 18.2 Å². The summed E-state index contributed by atoms with van der Waals surface area (Å²) in [4.78, 5) is 6.92. The SMILES string of the molecule is Cc1ccc(C)c2nc3c(cc12)CN(CCO)CCO3. The molecule has 0 radical (unpaired) electrons. The van der Waals surface area contributed by atoms with Crippen molar-refractivity contribution in [2.45, 2.75) is 20.4 Å². The van der Waals surface area contributed by atoms with Crippen LogP contribution in [0.1, 0.15) is 16.7 Å². The summed E-state index contributed by atoms with van der Waals surface area (Å²) in [6.07, 6.45) is 0. The summed E-state index contributed by atoms with van der Waals surface area (Å²) in [5.74, 6) is 0.742. The minimum atomic E-state index is 0.175. The Labute approximate surface area is 119 Å². The van der Waals surface area contributed by atoms with Gasteiger partial charge >= 0.3 is 0 Å². The lowest BCUT2D eigenvalue weighted by atomic mass is 10.0. The molecule has 2 heterocycles. The lowest BCUT2D eigenvalue weighted by Crippen LogP contribution is -2.28. The minimum Gasteiger partial charge on any atom is -0.476 e. The Kier molecular flexibility index (Phi) is 3.59. The second kappa shape index (κ2) is 5.38. The van der Waals surface area contributed by atoms with Gasteiger partial charge in [0, 0.05) is 30.6 Å². The summed E-state index contributed by atoms with van der Waals surface area (Å²) in [5.41, 5.74) is 4.55. The molecule has 3 rings (SSSR count). The summed E-state index contributed by atoms with van der Waals surface area (Å²) in [6.45, 7) is 7.27. The number of benzene rings is 1. The lowest BCUT2D eigenvalue weighted by Gasteiger charge is -2.17. The maximum absolute atomic E-state index is 9.11. The summed E-state index contributed by atoms with van der Waals surface area (Å²) in [6, 6.07) is 6.43. The molecule has 0 fully saturated rings. The Bertz CT molecular complexity index is 640. The van der Waals surface area contributed by atoms with E-state index < -0.39 is 0 Å². The highest BCUT2D eigenvalue weighted by Gasteiger charge is 2.18. The summed E-state index contributed by atoms with van der Waals surface area (Å²) < 4.78 is 5.79. The van der Waals surface area contributed by atoms with Gasteiger partial charge < -0.3 is 9.84 Å². The van der Waals surface area contributed by atoms with E-state index in [1.54, 1.807) is 0 Å². The predicted molar refractivity (Wildman–Crippen MR) is 79.1 cm³/mol. The van der Waals surface area contributed by atoms with Gasteiger partial charge in [-0.2, -0.15) is 0 Å². The quantitative estimate of drug-likeness (QED) is 0.908. The van der Waals surface area contributed by atoms with Crippen LogP contribution in [0.3, 0.4) is 0 Å². The van der Waals surface area contributed by atoms with Crippen molar-refractivity contribution in [3.8, 4) is 5.88 Å². The molecule has 0 atom stereocenters. The Morgan fingerprint density at radius 2 is 2.10 bits per heavy atom. The van der Waals surface area contributed by atoms with Gasteiger partial charge in [-0.05, 0) is 31.0 Å². The van der Waals surface area contributed by atoms with Crippen LogP contribution in [0, 0.1) is 13.8 Å². The van der Waals surface area contributed by atoms with Crippen LogP contribution in [0.4, 0.5) is 0 Å². The van der Waals surface area contributed by atoms with Gasteiger partial charge in [-0.1, -0.05) is 12.1 Å². The third-order valence-electron chi connectivity index (χ3n) is 3.90. The molecule has 106 valence electrons. The number of nitrogens with zero attached hydrogens (tertiary/aromatic N) is 2. The van der Waals surface area contributed by atoms with Gasteiger partial charge in [0.25, 0.3) is 0 Å². The number of β-amino-alcohol motifs (C(OH)–C–C–N with tert-alkyl or cyclic N) is 1. The first-order valence-corrected chi connectivity index (χ1v) is 7.05. The number of ether oxygens (including phenoxy) is 1. The number of aromatic nitrogens is 1. The second-order valence-corrected chi connectivity index (χ2v) is 5.40. The molecule has 0 saturated carbocycles. The average molecular weight is 272 g/mol. The fraction of sp³-hybridized carbons (Fsp3) is 0.438. The molecular formula is C16H20N2O2. The zero-order valence-corrected chi connectivity index (χ0v) is 12.0. The Balaban J connectivity index is 2.10. The maximum atomic E-state index is 9.11. The fourth-order valence-electron chi connectivity index (χ4n) is 2.72. The van der Waals surface area contributed by atoms with Crippen LogP contribution in [0.2, 0.25) is 0 Å². The van der Waals surface area contributed by atoms with Crippen LogP contribution in [0.5, 0.6) is 5.88 Å². The van der Waals surface area contributed by atoms with Gasteiger partial charge in [0.15, 0.2) is 0 Å². The highest BCUT2D eigenvalue weighted by Crippen LogP contribution is 2.29. The van der Waals surface area contributed by atoms with Crippen molar-refractivity contribution in [1.29, 1.82) is 0 Å². The van der Waals surface area contributed by atoms with Gasteiger partial charge in [0.2, 0.25) is 5.88 Å². The van der Waals surface area contributed by atoms with E-state index in [2.05, 4.69) is 36.9 Å². The third-order valence-corrected chi connectivity index (χ3v) is 3.90. The minimum absolute atomic E-state index is 0.175. The maximum Gasteiger partial charge on any atom is 0.218 e. The highest BCUT2D eigenvalue weighted by molar-refractivity contribution is 5.86. The number of aliphatic hydroxyl groups is 1. The number of hydrogen-bond acceptors (Lipinski definition) is 4. The second-order valence-electron chi connectivity index (χ2n) is 5.40. The molecule has 1 aliphatic heterocycles. The number of hydrogen-bond donors (Lipinski definition) is 1. The lowest BCUT2D eigenvalue weighted by molar-refractivity contribution is 0.176. The normalized spacial score (nSPS) is 15.8. The zero-order valence-electron chi connectivity index (χ0n) is 12.0. The summed E-state index contributed by atoms with van der Waals surface area (Å²) >= 11 is 0. The number of fused-ring (bicyclic) bond motifs is 2. The van der Waals surface area contributed by atoms with E-state index in [0.717, 1.165) is 30.0 Å². The number of rotatable bonds is 2. The van der Waals surface area contributed by atoms with E-state index in [9.17, 15) is 0 Å². The van der Waals surface area contributed by atoms with Crippen LogP contribution >= 0.6 is 0 Å². The first-order chi connectivity index (χ1) is 9.69. The standard InChI is InChI=1S/C16H20N2O2/c1-11-3-4-12(2)15-14(11)9-13-10-18(5-7-19)6-8-20-16(13)17-15/h3-4,9,19H,5-8,10H2,1-2H3. The van der Waals surface area contributed by atoms with Crippen molar-refractivity contribution in [2.24, 2.45) is 0 Å². The van der Waals surface area contributed by atoms with Crippen LogP contribution < -0.4 is 4.74 Å². The number of aryl methyl sites for hydroxylation is 2. The van der Waals surface area contributed by atoms with E-state index >= 15 is 0 Å². The van der Waals surface area contributed by atoms with Crippen molar-refractivity contribution in [1.82, 2.24) is 9.88 Å². The van der Waals surface area contributed by atoms with E-state index in [1.165, 1.54) is 16.5 Å². The van der Waals surface area contributed by atoms with Gasteiger partial charge in [0.1, 0.15) is 6.61 Å². The molecule has 2 aromatic rings. The van der Waals surface area contributed by atoms with E-state index in [1.807, 2.05) is 0 Å². The number of aliphatic hydroxyl groups excluding tert-OH is 1. The third kappa shape index (κ3) is 2.37. The van der Waals surface area contributed by atoms with Crippen molar-refractivity contribution >= 4 is 10.9 Å². The van der Waals surface area contributed by atoms with Crippen LogP contribution in [-0.2, 0) is 6.54 Å². The molecule has 1 aromatic heterocycles. The number of pyridine rings is 1. The van der Waals surface area contributed by atoms with E-state index in [4.69, 9.17) is 14.8 Å². The molecule has 0 bridgehead atoms. The van der Waals surface area contributed by atoms with E-state index in [0.29, 0.717) is 13.2 Å². The van der Waals surface area contributed by atoms with Gasteiger partial charge in [-0.15, -0.1) is 0 Å². The van der Waals surface area contributed by atoms with E-state index in [-0.39, 0.29) is 6.61 Å². The van der Waals surface area contributed by atoms with Crippen LogP contribution in [0.25, 0.3) is 10.9 Å². The van der Waals surface area contributed by atoms with Crippen LogP contribution in [-0.4, -0.2) is 41.3 Å². The molecule has 0 unspecified atom stereocenters. The van der Waals surface area contributed by atoms with Gasteiger partial charge in [-0.25, -0.2) is 4.98 Å². The summed E-state index contributed by atoms with van der Waals surface area (Å²) in [7, 11) is 0. The molecule has 1 N–H and O–H groups in total. The smallest absolute Gasteiger partial charge is 0.218 e. The Morgan fingerprint density at radius 3 is 2.90 bits per heavy atom. The Morgan fingerprint density at radius 1 is 1.30 bits per heavy atom. The topological polar surface area (TPSA) is 45.6 Å². The largest absolute Gasteiger partial charge is 0.476 e. The molecule has 0 aliphatic carbocycles. The van der Waals surface area contributed by atoms with Crippen molar-refractivity contribution < 1.29 is 9.84 Å². The van der Waals surface area contributed by atoms with Gasteiger partial charge in [0.05, 0.1) is 12.1 Å². The molecule has 4 heteroatoms. The fourth-order valence-corrected chi connectivity index (χ4v) is 2.72. The monoisotopic (exact) mass is 272 g/mol. The zero-order chi connectivity index (χ0) is 14.1. The molecule has 20 heavy (non-hydrogen) atoms. The Hall–Kier alpha value is -1.65. The molecule has 0 saturated heterocycles. The first-order valence-electron chi connectivity index (χ1n) is 7.05. The van der Waals surface area contributed by atoms with Crippen molar-refractivity contribution in [3.05, 3.63) is 34.9 Å². The molecule has 0 spiro atoms.